The number of aliphatic hydroxyl groups is 1. The summed E-state index contributed by atoms with van der Waals surface area (Å²) >= 11 is 0. The highest BCUT2D eigenvalue weighted by Gasteiger charge is 2.16. The number of amides is 1. The van der Waals surface area contributed by atoms with Crippen molar-refractivity contribution in [2.24, 2.45) is 0 Å². The lowest BCUT2D eigenvalue weighted by Gasteiger charge is -2.20. The maximum Gasteiger partial charge on any atom is 0.407 e. The molecule has 5 nitrogen and oxygen atoms in total. The van der Waals surface area contributed by atoms with Crippen LogP contribution in [-0.4, -0.2) is 23.3 Å². The van der Waals surface area contributed by atoms with Gasteiger partial charge in [0.15, 0.2) is 0 Å². The normalized spacial score (nSPS) is 15.2. The Labute approximate surface area is 116 Å². The van der Waals surface area contributed by atoms with Crippen LogP contribution in [0.15, 0.2) is 24.3 Å². The van der Waals surface area contributed by atoms with E-state index >= 15 is 0 Å². The summed E-state index contributed by atoms with van der Waals surface area (Å²) in [4.78, 5) is 11.5. The molecule has 0 radical (unpaired) electrons. The second-order valence-corrected chi connectivity index (χ2v) is 5.13. The number of benzene rings is 1. The van der Waals surface area contributed by atoms with Crippen LogP contribution in [0, 0.1) is 0 Å². The molecule has 0 bridgehead atoms. The number of anilines is 1. The van der Waals surface area contributed by atoms with Gasteiger partial charge in [-0.15, -0.1) is 0 Å². The topological polar surface area (TPSA) is 84.6 Å². The number of nitrogens with one attached hydrogen (secondary N) is 1. The molecular weight excluding hydrogens is 244 g/mol. The van der Waals surface area contributed by atoms with Crippen LogP contribution in [0.1, 0.15) is 41.6 Å². The predicted molar refractivity (Wildman–Crippen MR) is 74.7 cm³/mol. The van der Waals surface area contributed by atoms with Crippen molar-refractivity contribution in [1.29, 1.82) is 0 Å². The fourth-order valence-electron chi connectivity index (χ4n) is 1.38. The number of hydrogen-bond acceptors (Lipinski definition) is 4. The summed E-state index contributed by atoms with van der Waals surface area (Å²) in [5.41, 5.74) is 5.73. The second kappa shape index (κ2) is 6.43. The summed E-state index contributed by atoms with van der Waals surface area (Å²) in [5, 5.41) is 12.4. The first kappa shape index (κ1) is 12.3. The third-order valence-electron chi connectivity index (χ3n) is 2.15. The summed E-state index contributed by atoms with van der Waals surface area (Å²) in [7, 11) is 0. The lowest BCUT2D eigenvalue weighted by Crippen LogP contribution is -2.33. The highest BCUT2D eigenvalue weighted by atomic mass is 16.6. The molecule has 0 fully saturated rings. The number of rotatable bonds is 4. The standard InChI is InChI=1S/C14H22N2O3/c1-14(2,3)19-13(18)16-8-7-12(17)10-5-4-6-11(15)9-10/h4-6,9,12,17H,7-8,15H2,1-3H3,(H,16,18)/i7D2. The molecule has 0 aliphatic heterocycles. The van der Waals surface area contributed by atoms with Crippen LogP contribution >= 0.6 is 0 Å². The molecule has 1 unspecified atom stereocenters. The van der Waals surface area contributed by atoms with Crippen molar-refractivity contribution in [3.8, 4) is 0 Å². The first-order valence-electron chi connectivity index (χ1n) is 7.02. The van der Waals surface area contributed by atoms with E-state index in [9.17, 15) is 9.90 Å². The highest BCUT2D eigenvalue weighted by molar-refractivity contribution is 5.67. The Hall–Kier alpha value is -1.75. The number of aliphatic hydroxyl groups excluding tert-OH is 1. The van der Waals surface area contributed by atoms with Gasteiger partial charge in [0, 0.05) is 15.0 Å². The van der Waals surface area contributed by atoms with E-state index in [1.807, 2.05) is 0 Å². The van der Waals surface area contributed by atoms with Gasteiger partial charge < -0.3 is 20.9 Å². The zero-order valence-corrected chi connectivity index (χ0v) is 11.4. The maximum atomic E-state index is 11.5. The zero-order chi connectivity index (χ0) is 16.3. The van der Waals surface area contributed by atoms with Crippen molar-refractivity contribution in [2.75, 3.05) is 12.3 Å². The monoisotopic (exact) mass is 268 g/mol. The molecule has 1 atom stereocenters. The first-order chi connectivity index (χ1) is 9.51. The number of carbonyl (C=O) groups is 1. The van der Waals surface area contributed by atoms with Gasteiger partial charge in [0.2, 0.25) is 0 Å². The quantitative estimate of drug-likeness (QED) is 0.731. The Kier molecular flexibility index (Phi) is 4.16. The van der Waals surface area contributed by atoms with Gasteiger partial charge >= 0.3 is 6.09 Å². The largest absolute Gasteiger partial charge is 0.444 e. The van der Waals surface area contributed by atoms with E-state index in [0.717, 1.165) is 0 Å². The predicted octanol–water partition coefficient (Wildman–Crippen LogP) is 2.22. The Bertz CT molecular complexity index is 501. The molecule has 5 heteroatoms. The number of ether oxygens (including phenoxy) is 1. The lowest BCUT2D eigenvalue weighted by atomic mass is 10.1. The van der Waals surface area contributed by atoms with E-state index in [1.165, 1.54) is 6.07 Å². The van der Waals surface area contributed by atoms with Crippen molar-refractivity contribution >= 4 is 11.8 Å². The fraction of sp³-hybridized carbons (Fsp3) is 0.500. The molecule has 0 saturated heterocycles. The number of nitrogens with two attached hydrogens (primary N) is 1. The summed E-state index contributed by atoms with van der Waals surface area (Å²) in [6, 6.07) is 6.35. The van der Waals surface area contributed by atoms with Crippen molar-refractivity contribution in [3.05, 3.63) is 29.8 Å². The van der Waals surface area contributed by atoms with Crippen molar-refractivity contribution in [3.63, 3.8) is 0 Å². The van der Waals surface area contributed by atoms with Gasteiger partial charge in [0.05, 0.1) is 6.10 Å². The zero-order valence-electron chi connectivity index (χ0n) is 13.4. The number of hydrogen-bond donors (Lipinski definition) is 3. The van der Waals surface area contributed by atoms with Gasteiger partial charge in [-0.3, -0.25) is 0 Å². The van der Waals surface area contributed by atoms with Crippen LogP contribution in [0.4, 0.5) is 10.5 Å². The molecule has 0 spiro atoms. The molecule has 0 aliphatic carbocycles. The summed E-state index contributed by atoms with van der Waals surface area (Å²) in [6.45, 7) is 4.76. The van der Waals surface area contributed by atoms with E-state index in [-0.39, 0.29) is 6.54 Å². The van der Waals surface area contributed by atoms with E-state index in [4.69, 9.17) is 13.2 Å². The van der Waals surface area contributed by atoms with E-state index in [1.54, 1.807) is 39.0 Å². The number of carbonyl (C=O) groups excluding carboxylic acids is 1. The summed E-state index contributed by atoms with van der Waals surface area (Å²) < 4.78 is 20.8. The Morgan fingerprint density at radius 3 is 2.84 bits per heavy atom. The van der Waals surface area contributed by atoms with Crippen molar-refractivity contribution in [1.82, 2.24) is 5.32 Å². The minimum Gasteiger partial charge on any atom is -0.444 e. The smallest absolute Gasteiger partial charge is 0.407 e. The molecule has 0 aliphatic rings. The molecule has 1 amide bonds. The second-order valence-electron chi connectivity index (χ2n) is 5.13. The average molecular weight is 268 g/mol. The Balaban J connectivity index is 2.66. The number of alkyl carbamates (subject to hydrolysis) is 1. The summed E-state index contributed by atoms with van der Waals surface area (Å²) in [5.74, 6) is 0. The van der Waals surface area contributed by atoms with Crippen molar-refractivity contribution in [2.45, 2.75) is 38.8 Å². The molecule has 1 rings (SSSR count). The average Bonchev–Trinajstić information content (AvgIpc) is 2.33. The van der Waals surface area contributed by atoms with Gasteiger partial charge in [0.1, 0.15) is 5.60 Å². The molecule has 106 valence electrons. The van der Waals surface area contributed by atoms with E-state index < -0.39 is 24.2 Å². The molecular formula is C14H22N2O3. The van der Waals surface area contributed by atoms with Crippen LogP contribution in [0.3, 0.4) is 0 Å². The molecule has 0 aromatic heterocycles. The van der Waals surface area contributed by atoms with Crippen LogP contribution in [0.2, 0.25) is 0 Å². The SMILES string of the molecule is [2H]C([2H])(CNC(=O)OC(C)(C)C)C(O)c1cccc(N)c1. The minimum atomic E-state index is -2.05. The van der Waals surface area contributed by atoms with E-state index in [0.29, 0.717) is 11.3 Å². The van der Waals surface area contributed by atoms with Crippen LogP contribution in [-0.2, 0) is 4.74 Å². The lowest BCUT2D eigenvalue weighted by molar-refractivity contribution is 0.0518. The third kappa shape index (κ3) is 6.10. The van der Waals surface area contributed by atoms with Crippen molar-refractivity contribution < 1.29 is 17.4 Å². The van der Waals surface area contributed by atoms with Gasteiger partial charge in [0.25, 0.3) is 0 Å². The van der Waals surface area contributed by atoms with E-state index in [2.05, 4.69) is 5.32 Å². The molecule has 1 aromatic rings. The molecule has 1 aromatic carbocycles. The van der Waals surface area contributed by atoms with Crippen LogP contribution < -0.4 is 11.1 Å². The Morgan fingerprint density at radius 1 is 1.58 bits per heavy atom. The fourth-order valence-corrected chi connectivity index (χ4v) is 1.38. The third-order valence-corrected chi connectivity index (χ3v) is 2.15. The summed E-state index contributed by atoms with van der Waals surface area (Å²) in [6.07, 6.45) is -4.19. The minimum absolute atomic E-state index is 0.353. The van der Waals surface area contributed by atoms with Gasteiger partial charge in [-0.1, -0.05) is 12.1 Å². The molecule has 0 saturated carbocycles. The molecule has 19 heavy (non-hydrogen) atoms. The van der Waals surface area contributed by atoms with Crippen LogP contribution in [0.5, 0.6) is 0 Å². The molecule has 0 heterocycles. The van der Waals surface area contributed by atoms with Gasteiger partial charge in [-0.05, 0) is 44.8 Å². The Morgan fingerprint density at radius 2 is 2.26 bits per heavy atom. The van der Waals surface area contributed by atoms with Gasteiger partial charge in [-0.2, -0.15) is 0 Å². The van der Waals surface area contributed by atoms with Crippen LogP contribution in [0.25, 0.3) is 0 Å². The maximum absolute atomic E-state index is 11.5. The van der Waals surface area contributed by atoms with Gasteiger partial charge in [-0.25, -0.2) is 4.79 Å². The number of nitrogen functional groups attached to an aromatic ring is 1. The highest BCUT2D eigenvalue weighted by Crippen LogP contribution is 2.18. The first-order valence-corrected chi connectivity index (χ1v) is 6.02. The molecule has 4 N–H and O–H groups in total.